The van der Waals surface area contributed by atoms with Gasteiger partial charge in [-0.1, -0.05) is 29.8 Å². The van der Waals surface area contributed by atoms with Crippen LogP contribution >= 0.6 is 11.6 Å². The molecule has 7 nitrogen and oxygen atoms in total. The minimum Gasteiger partial charge on any atom is -0.461 e. The van der Waals surface area contributed by atoms with Crippen molar-refractivity contribution in [3.8, 4) is 11.6 Å². The van der Waals surface area contributed by atoms with Crippen molar-refractivity contribution in [3.63, 3.8) is 0 Å². The van der Waals surface area contributed by atoms with Crippen molar-refractivity contribution in [1.29, 1.82) is 0 Å². The van der Waals surface area contributed by atoms with E-state index in [1.54, 1.807) is 29.1 Å². The lowest BCUT2D eigenvalue weighted by molar-refractivity contribution is 0.577. The molecule has 1 N–H and O–H groups in total. The monoisotopic (exact) mass is 352 g/mol. The van der Waals surface area contributed by atoms with Crippen LogP contribution in [-0.4, -0.2) is 25.8 Å². The summed E-state index contributed by atoms with van der Waals surface area (Å²) in [7, 11) is 0. The standard InChI is InChI=1S/C17H13ClN6O/c1-11-9-15(22-19-10-12-5-2-3-6-13(12)18)24-17(20-11)21-16(23-24)14-7-4-8-25-14/h2-10,22H,1H3/b19-10+. The predicted molar refractivity (Wildman–Crippen MR) is 95.9 cm³/mol. The maximum Gasteiger partial charge on any atom is 0.255 e. The Labute approximate surface area is 148 Å². The number of nitrogens with one attached hydrogen (secondary N) is 1. The summed E-state index contributed by atoms with van der Waals surface area (Å²) in [6.45, 7) is 1.88. The van der Waals surface area contributed by atoms with E-state index in [9.17, 15) is 0 Å². The first-order chi connectivity index (χ1) is 12.2. The lowest BCUT2D eigenvalue weighted by Crippen LogP contribution is -2.02. The summed E-state index contributed by atoms with van der Waals surface area (Å²) in [4.78, 5) is 8.77. The van der Waals surface area contributed by atoms with Crippen LogP contribution in [0.15, 0.2) is 58.2 Å². The summed E-state index contributed by atoms with van der Waals surface area (Å²) in [5, 5.41) is 9.29. The fourth-order valence-electron chi connectivity index (χ4n) is 2.32. The molecule has 0 spiro atoms. The maximum atomic E-state index is 6.12. The molecule has 0 aliphatic rings. The molecule has 0 amide bonds. The van der Waals surface area contributed by atoms with Crippen molar-refractivity contribution in [3.05, 3.63) is 65.0 Å². The van der Waals surface area contributed by atoms with Crippen LogP contribution in [0.3, 0.4) is 0 Å². The lowest BCUT2D eigenvalue weighted by Gasteiger charge is -2.04. The van der Waals surface area contributed by atoms with E-state index >= 15 is 0 Å². The topological polar surface area (TPSA) is 80.6 Å². The quantitative estimate of drug-likeness (QED) is 0.446. The molecule has 8 heteroatoms. The first kappa shape index (κ1) is 15.3. The summed E-state index contributed by atoms with van der Waals surface area (Å²) in [6, 6.07) is 12.9. The molecule has 3 aromatic heterocycles. The number of nitrogens with zero attached hydrogens (tertiary/aromatic N) is 5. The molecule has 0 fully saturated rings. The van der Waals surface area contributed by atoms with Gasteiger partial charge in [-0.2, -0.15) is 14.6 Å². The SMILES string of the molecule is Cc1cc(N/N=C/c2ccccc2Cl)n2nc(-c3ccco3)nc2n1. The van der Waals surface area contributed by atoms with Crippen LogP contribution in [0.2, 0.25) is 5.02 Å². The predicted octanol–water partition coefficient (Wildman–Crippen LogP) is 3.79. The van der Waals surface area contributed by atoms with Gasteiger partial charge in [-0.3, -0.25) is 5.43 Å². The van der Waals surface area contributed by atoms with Gasteiger partial charge in [0.05, 0.1) is 12.5 Å². The van der Waals surface area contributed by atoms with E-state index in [-0.39, 0.29) is 0 Å². The Morgan fingerprint density at radius 3 is 2.88 bits per heavy atom. The van der Waals surface area contributed by atoms with Crippen LogP contribution in [0.4, 0.5) is 5.82 Å². The van der Waals surface area contributed by atoms with Crippen molar-refractivity contribution in [2.45, 2.75) is 6.92 Å². The molecule has 0 aliphatic heterocycles. The molecule has 0 unspecified atom stereocenters. The number of anilines is 1. The largest absolute Gasteiger partial charge is 0.461 e. The number of aryl methyl sites for hydroxylation is 1. The smallest absolute Gasteiger partial charge is 0.255 e. The van der Waals surface area contributed by atoms with E-state index in [0.717, 1.165) is 11.3 Å². The van der Waals surface area contributed by atoms with Crippen molar-refractivity contribution in [1.82, 2.24) is 19.6 Å². The Kier molecular flexibility index (Phi) is 3.91. The van der Waals surface area contributed by atoms with Gasteiger partial charge in [-0.25, -0.2) is 4.98 Å². The van der Waals surface area contributed by atoms with Gasteiger partial charge >= 0.3 is 0 Å². The minimum absolute atomic E-state index is 0.459. The van der Waals surface area contributed by atoms with Crippen molar-refractivity contribution in [2.75, 3.05) is 5.43 Å². The van der Waals surface area contributed by atoms with Crippen LogP contribution in [0.5, 0.6) is 0 Å². The maximum absolute atomic E-state index is 6.12. The summed E-state index contributed by atoms with van der Waals surface area (Å²) in [6.07, 6.45) is 3.22. The number of rotatable bonds is 4. The van der Waals surface area contributed by atoms with Crippen LogP contribution in [0.25, 0.3) is 17.4 Å². The van der Waals surface area contributed by atoms with Gasteiger partial charge in [0.25, 0.3) is 5.78 Å². The molecule has 4 aromatic rings. The highest BCUT2D eigenvalue weighted by molar-refractivity contribution is 6.33. The number of benzene rings is 1. The number of hydrogen-bond acceptors (Lipinski definition) is 6. The average molecular weight is 353 g/mol. The summed E-state index contributed by atoms with van der Waals surface area (Å²) in [5.74, 6) is 2.13. The van der Waals surface area contributed by atoms with Gasteiger partial charge in [0.1, 0.15) is 0 Å². The Morgan fingerprint density at radius 2 is 2.08 bits per heavy atom. The molecule has 0 atom stereocenters. The first-order valence-electron chi connectivity index (χ1n) is 7.52. The minimum atomic E-state index is 0.459. The number of hydrazone groups is 1. The van der Waals surface area contributed by atoms with E-state index in [2.05, 4.69) is 25.6 Å². The van der Waals surface area contributed by atoms with Crippen LogP contribution in [-0.2, 0) is 0 Å². The molecule has 0 aliphatic carbocycles. The Morgan fingerprint density at radius 1 is 1.20 bits per heavy atom. The molecular weight excluding hydrogens is 340 g/mol. The normalized spacial score (nSPS) is 11.4. The summed E-state index contributed by atoms with van der Waals surface area (Å²) >= 11 is 6.12. The van der Waals surface area contributed by atoms with Gasteiger partial charge in [-0.15, -0.1) is 5.10 Å². The second-order valence-corrected chi connectivity index (χ2v) is 5.71. The second-order valence-electron chi connectivity index (χ2n) is 5.30. The molecule has 3 heterocycles. The average Bonchev–Trinajstić information content (AvgIpc) is 3.25. The highest BCUT2D eigenvalue weighted by Crippen LogP contribution is 2.19. The van der Waals surface area contributed by atoms with Gasteiger partial charge < -0.3 is 4.42 Å². The van der Waals surface area contributed by atoms with Gasteiger partial charge in [0, 0.05) is 22.3 Å². The van der Waals surface area contributed by atoms with Gasteiger partial charge in [-0.05, 0) is 25.1 Å². The molecule has 0 radical (unpaired) electrons. The summed E-state index contributed by atoms with van der Waals surface area (Å²) < 4.78 is 6.92. The lowest BCUT2D eigenvalue weighted by atomic mass is 10.2. The number of furan rings is 1. The van der Waals surface area contributed by atoms with Gasteiger partial charge in [0.2, 0.25) is 5.82 Å². The zero-order chi connectivity index (χ0) is 17.2. The third kappa shape index (κ3) is 3.09. The molecule has 0 saturated carbocycles. The molecule has 1 aromatic carbocycles. The highest BCUT2D eigenvalue weighted by atomic mass is 35.5. The Balaban J connectivity index is 1.68. The molecule has 25 heavy (non-hydrogen) atoms. The van der Waals surface area contributed by atoms with Crippen LogP contribution in [0, 0.1) is 6.92 Å². The number of fused-ring (bicyclic) bond motifs is 1. The molecule has 0 saturated heterocycles. The van der Waals surface area contributed by atoms with E-state index in [4.69, 9.17) is 16.0 Å². The fraction of sp³-hybridized carbons (Fsp3) is 0.0588. The fourth-order valence-corrected chi connectivity index (χ4v) is 2.51. The first-order valence-corrected chi connectivity index (χ1v) is 7.90. The van der Waals surface area contributed by atoms with E-state index < -0.39 is 0 Å². The number of halogens is 1. The van der Waals surface area contributed by atoms with Crippen LogP contribution < -0.4 is 5.43 Å². The molecule has 124 valence electrons. The van der Waals surface area contributed by atoms with Crippen molar-refractivity contribution >= 4 is 29.4 Å². The Bertz CT molecular complexity index is 1050. The van der Waals surface area contributed by atoms with E-state index in [1.165, 1.54) is 0 Å². The van der Waals surface area contributed by atoms with E-state index in [0.29, 0.717) is 28.2 Å². The molecule has 0 bridgehead atoms. The van der Waals surface area contributed by atoms with Crippen molar-refractivity contribution in [2.24, 2.45) is 5.10 Å². The van der Waals surface area contributed by atoms with Crippen molar-refractivity contribution < 1.29 is 4.42 Å². The zero-order valence-corrected chi connectivity index (χ0v) is 14.0. The van der Waals surface area contributed by atoms with Gasteiger partial charge in [0.15, 0.2) is 11.6 Å². The summed E-state index contributed by atoms with van der Waals surface area (Å²) in [5.41, 5.74) is 4.57. The molecular formula is C17H13ClN6O. The molecule has 4 rings (SSSR count). The van der Waals surface area contributed by atoms with E-state index in [1.807, 2.05) is 37.3 Å². The highest BCUT2D eigenvalue weighted by Gasteiger charge is 2.12. The van der Waals surface area contributed by atoms with Crippen LogP contribution in [0.1, 0.15) is 11.3 Å². The second kappa shape index (κ2) is 6.37. The number of hydrogen-bond donors (Lipinski definition) is 1. The zero-order valence-electron chi connectivity index (χ0n) is 13.2. The Hall–Kier alpha value is -3.19. The third-order valence-electron chi connectivity index (χ3n) is 3.47. The number of aromatic nitrogens is 4. The third-order valence-corrected chi connectivity index (χ3v) is 3.81.